The maximum Gasteiger partial charge on any atom is 0.354 e. The van der Waals surface area contributed by atoms with Crippen LogP contribution in [0.25, 0.3) is 10.9 Å². The zero-order valence-electron chi connectivity index (χ0n) is 14.0. The molecule has 1 fully saturated rings. The molecule has 1 aliphatic heterocycles. The molecule has 1 unspecified atom stereocenters. The van der Waals surface area contributed by atoms with Gasteiger partial charge in [-0.15, -0.1) is 0 Å². The zero-order chi connectivity index (χ0) is 17.0. The van der Waals surface area contributed by atoms with E-state index >= 15 is 0 Å². The van der Waals surface area contributed by atoms with Crippen molar-refractivity contribution in [2.24, 2.45) is 5.73 Å². The van der Waals surface area contributed by atoms with E-state index < -0.39 is 5.97 Å². The van der Waals surface area contributed by atoms with Crippen LogP contribution in [0.4, 0.5) is 5.69 Å². The summed E-state index contributed by atoms with van der Waals surface area (Å²) in [6, 6.07) is 7.74. The van der Waals surface area contributed by atoms with Crippen LogP contribution < -0.4 is 10.6 Å². The number of rotatable bonds is 2. The van der Waals surface area contributed by atoms with Gasteiger partial charge in [0, 0.05) is 30.2 Å². The fourth-order valence-corrected chi connectivity index (χ4v) is 2.70. The van der Waals surface area contributed by atoms with Gasteiger partial charge in [-0.25, -0.2) is 9.78 Å². The Morgan fingerprint density at radius 3 is 2.65 bits per heavy atom. The van der Waals surface area contributed by atoms with Crippen LogP contribution in [0.1, 0.15) is 42.7 Å². The van der Waals surface area contributed by atoms with E-state index in [2.05, 4.69) is 23.7 Å². The molecular formula is C18H25N3O2. The Morgan fingerprint density at radius 2 is 2.09 bits per heavy atom. The van der Waals surface area contributed by atoms with Gasteiger partial charge < -0.3 is 15.7 Å². The number of aryl methyl sites for hydroxylation is 1. The van der Waals surface area contributed by atoms with Crippen molar-refractivity contribution in [1.29, 1.82) is 0 Å². The Labute approximate surface area is 137 Å². The summed E-state index contributed by atoms with van der Waals surface area (Å²) in [4.78, 5) is 17.6. The van der Waals surface area contributed by atoms with Gasteiger partial charge in [0.1, 0.15) is 0 Å². The van der Waals surface area contributed by atoms with Crippen molar-refractivity contribution < 1.29 is 9.90 Å². The molecule has 0 aliphatic carbocycles. The van der Waals surface area contributed by atoms with Crippen molar-refractivity contribution in [3.8, 4) is 0 Å². The van der Waals surface area contributed by atoms with E-state index in [9.17, 15) is 9.90 Å². The maximum absolute atomic E-state index is 11.3. The second-order valence-corrected chi connectivity index (χ2v) is 6.05. The lowest BCUT2D eigenvalue weighted by Crippen LogP contribution is -2.26. The summed E-state index contributed by atoms with van der Waals surface area (Å²) in [7, 11) is 0. The van der Waals surface area contributed by atoms with Crippen LogP contribution in [0, 0.1) is 6.92 Å². The summed E-state index contributed by atoms with van der Waals surface area (Å²) in [5, 5.41) is 10.2. The minimum absolute atomic E-state index is 0.0820. The number of carboxylic acid groups (broad SMARTS) is 1. The predicted octanol–water partition coefficient (Wildman–Crippen LogP) is 3.20. The SMILES string of the molecule is CCC.Cc1ccc2c(N3CCC(N)C3)cc(C(=O)O)nc2c1. The van der Waals surface area contributed by atoms with E-state index in [4.69, 9.17) is 5.73 Å². The fraction of sp³-hybridized carbons (Fsp3) is 0.444. The third-order valence-corrected chi connectivity index (χ3v) is 3.73. The molecule has 2 aromatic rings. The first-order valence-electron chi connectivity index (χ1n) is 8.11. The minimum atomic E-state index is -1.00. The van der Waals surface area contributed by atoms with Crippen LogP contribution in [0.5, 0.6) is 0 Å². The lowest BCUT2D eigenvalue weighted by molar-refractivity contribution is 0.0691. The van der Waals surface area contributed by atoms with Crippen molar-refractivity contribution in [3.05, 3.63) is 35.5 Å². The summed E-state index contributed by atoms with van der Waals surface area (Å²) >= 11 is 0. The molecule has 0 radical (unpaired) electrons. The standard InChI is InChI=1S/C15H17N3O2.C3H8/c1-9-2-3-11-12(6-9)17-13(15(19)20)7-14(11)18-5-4-10(16)8-18;1-3-2/h2-3,6-7,10H,4-5,8,16H2,1H3,(H,19,20);3H2,1-2H3. The number of carbonyl (C=O) groups is 1. The second-order valence-electron chi connectivity index (χ2n) is 6.05. The van der Waals surface area contributed by atoms with Gasteiger partial charge >= 0.3 is 5.97 Å². The quantitative estimate of drug-likeness (QED) is 0.889. The molecule has 1 atom stereocenters. The third kappa shape index (κ3) is 3.99. The highest BCUT2D eigenvalue weighted by Gasteiger charge is 2.22. The molecule has 0 saturated carbocycles. The van der Waals surface area contributed by atoms with Crippen LogP contribution in [0.3, 0.4) is 0 Å². The molecule has 124 valence electrons. The van der Waals surface area contributed by atoms with E-state index in [1.54, 1.807) is 6.07 Å². The number of carboxylic acids is 1. The molecule has 2 heterocycles. The first-order chi connectivity index (χ1) is 11.0. The van der Waals surface area contributed by atoms with Gasteiger partial charge in [-0.05, 0) is 31.0 Å². The van der Waals surface area contributed by atoms with Crippen molar-refractivity contribution in [2.75, 3.05) is 18.0 Å². The number of pyridine rings is 1. The molecule has 5 heteroatoms. The molecule has 1 aromatic carbocycles. The number of aromatic carboxylic acids is 1. The van der Waals surface area contributed by atoms with Crippen LogP contribution in [0.15, 0.2) is 24.3 Å². The summed E-state index contributed by atoms with van der Waals surface area (Å²) in [5.41, 5.74) is 8.74. The molecule has 0 bridgehead atoms. The number of fused-ring (bicyclic) bond motifs is 1. The van der Waals surface area contributed by atoms with Crippen molar-refractivity contribution >= 4 is 22.6 Å². The highest BCUT2D eigenvalue weighted by molar-refractivity contribution is 5.97. The van der Waals surface area contributed by atoms with Gasteiger partial charge in [-0.3, -0.25) is 0 Å². The van der Waals surface area contributed by atoms with Gasteiger partial charge in [0.05, 0.1) is 5.52 Å². The highest BCUT2D eigenvalue weighted by atomic mass is 16.4. The number of hydrogen-bond donors (Lipinski definition) is 2. The Kier molecular flexibility index (Phi) is 5.55. The molecule has 3 rings (SSSR count). The molecule has 1 aliphatic rings. The van der Waals surface area contributed by atoms with E-state index in [1.165, 1.54) is 6.42 Å². The number of hydrogen-bond acceptors (Lipinski definition) is 4. The topological polar surface area (TPSA) is 79.5 Å². The Bertz CT molecular complexity index is 700. The molecule has 5 nitrogen and oxygen atoms in total. The molecule has 0 amide bonds. The van der Waals surface area contributed by atoms with Gasteiger partial charge in [-0.2, -0.15) is 0 Å². The maximum atomic E-state index is 11.3. The number of nitrogens with two attached hydrogens (primary N) is 1. The number of benzene rings is 1. The Hall–Kier alpha value is -2.14. The van der Waals surface area contributed by atoms with Crippen molar-refractivity contribution in [3.63, 3.8) is 0 Å². The minimum Gasteiger partial charge on any atom is -0.477 e. The lowest BCUT2D eigenvalue weighted by Gasteiger charge is -2.20. The Morgan fingerprint density at radius 1 is 1.39 bits per heavy atom. The highest BCUT2D eigenvalue weighted by Crippen LogP contribution is 2.30. The van der Waals surface area contributed by atoms with Gasteiger partial charge in [-0.1, -0.05) is 32.4 Å². The first kappa shape index (κ1) is 17.2. The van der Waals surface area contributed by atoms with Crippen molar-refractivity contribution in [2.45, 2.75) is 39.7 Å². The van der Waals surface area contributed by atoms with Gasteiger partial charge in [0.15, 0.2) is 5.69 Å². The summed E-state index contributed by atoms with van der Waals surface area (Å²) in [5.74, 6) is -1.00. The van der Waals surface area contributed by atoms with Crippen LogP contribution >= 0.6 is 0 Å². The predicted molar refractivity (Wildman–Crippen MR) is 94.2 cm³/mol. The summed E-state index contributed by atoms with van der Waals surface area (Å²) in [6.07, 6.45) is 2.18. The number of aromatic nitrogens is 1. The average Bonchev–Trinajstić information content (AvgIpc) is 2.93. The van der Waals surface area contributed by atoms with E-state index in [0.29, 0.717) is 0 Å². The van der Waals surface area contributed by atoms with Crippen LogP contribution in [-0.2, 0) is 0 Å². The number of anilines is 1. The summed E-state index contributed by atoms with van der Waals surface area (Å²) in [6.45, 7) is 7.83. The van der Waals surface area contributed by atoms with E-state index in [1.807, 2.05) is 25.1 Å². The monoisotopic (exact) mass is 315 g/mol. The average molecular weight is 315 g/mol. The van der Waals surface area contributed by atoms with Crippen LogP contribution in [-0.4, -0.2) is 35.2 Å². The van der Waals surface area contributed by atoms with E-state index in [0.717, 1.165) is 41.7 Å². The molecular weight excluding hydrogens is 290 g/mol. The normalized spacial score (nSPS) is 17.0. The fourth-order valence-electron chi connectivity index (χ4n) is 2.70. The zero-order valence-corrected chi connectivity index (χ0v) is 14.0. The molecule has 1 aromatic heterocycles. The Balaban J connectivity index is 0.000000595. The van der Waals surface area contributed by atoms with Crippen LogP contribution in [0.2, 0.25) is 0 Å². The third-order valence-electron chi connectivity index (χ3n) is 3.73. The van der Waals surface area contributed by atoms with Gasteiger partial charge in [0.25, 0.3) is 0 Å². The molecule has 0 spiro atoms. The number of nitrogens with zero attached hydrogens (tertiary/aromatic N) is 2. The molecule has 3 N–H and O–H groups in total. The van der Waals surface area contributed by atoms with E-state index in [-0.39, 0.29) is 11.7 Å². The van der Waals surface area contributed by atoms with Gasteiger partial charge in [0.2, 0.25) is 0 Å². The molecule has 23 heavy (non-hydrogen) atoms. The first-order valence-corrected chi connectivity index (χ1v) is 8.11. The largest absolute Gasteiger partial charge is 0.477 e. The lowest BCUT2D eigenvalue weighted by atomic mass is 10.1. The molecule has 1 saturated heterocycles. The second kappa shape index (κ2) is 7.42. The summed E-state index contributed by atoms with van der Waals surface area (Å²) < 4.78 is 0. The van der Waals surface area contributed by atoms with Crippen molar-refractivity contribution in [1.82, 2.24) is 4.98 Å². The smallest absolute Gasteiger partial charge is 0.354 e.